The van der Waals surface area contributed by atoms with Gasteiger partial charge in [0.1, 0.15) is 5.69 Å². The summed E-state index contributed by atoms with van der Waals surface area (Å²) in [6.45, 7) is 6.63. The number of hydrogen-bond donors (Lipinski definition) is 2. The number of aliphatic hydroxyl groups is 1. The quantitative estimate of drug-likeness (QED) is 0.805. The number of hydrogen-bond acceptors (Lipinski definition) is 5. The van der Waals surface area contributed by atoms with Gasteiger partial charge in [-0.15, -0.1) is 11.3 Å². The molecule has 0 aliphatic rings. The molecule has 102 valence electrons. The highest BCUT2D eigenvalue weighted by Crippen LogP contribution is 2.14. The number of carbonyl (C=O) groups excluding carboxylic acids is 1. The summed E-state index contributed by atoms with van der Waals surface area (Å²) in [5.74, 6) is -0.140. The van der Waals surface area contributed by atoms with Crippen LogP contribution in [0.15, 0.2) is 5.38 Å². The van der Waals surface area contributed by atoms with Gasteiger partial charge in [0.2, 0.25) is 0 Å². The zero-order valence-electron chi connectivity index (χ0n) is 11.1. The lowest BCUT2D eigenvalue weighted by molar-refractivity contribution is 0.0312. The van der Waals surface area contributed by atoms with Gasteiger partial charge < -0.3 is 15.7 Å². The van der Waals surface area contributed by atoms with Crippen molar-refractivity contribution in [1.82, 2.24) is 9.88 Å². The molecule has 0 unspecified atom stereocenters. The molecule has 1 rings (SSSR count). The zero-order chi connectivity index (χ0) is 13.8. The third-order valence-electron chi connectivity index (χ3n) is 2.38. The van der Waals surface area contributed by atoms with Gasteiger partial charge in [0.05, 0.1) is 10.6 Å². The van der Waals surface area contributed by atoms with Crippen LogP contribution in [0, 0.1) is 0 Å². The molecule has 0 radical (unpaired) electrons. The maximum absolute atomic E-state index is 12.2. The lowest BCUT2D eigenvalue weighted by Gasteiger charge is -2.27. The molecule has 0 aromatic carbocycles. The molecule has 0 bridgehead atoms. The number of nitrogens with two attached hydrogens (primary N) is 1. The fourth-order valence-electron chi connectivity index (χ4n) is 1.60. The number of carbonyl (C=O) groups is 1. The summed E-state index contributed by atoms with van der Waals surface area (Å²) < 4.78 is 0. The Morgan fingerprint density at radius 2 is 2.28 bits per heavy atom. The predicted molar refractivity (Wildman–Crippen MR) is 72.7 cm³/mol. The third kappa shape index (κ3) is 4.36. The molecule has 6 heteroatoms. The molecule has 1 heterocycles. The Bertz CT molecular complexity index is 398. The summed E-state index contributed by atoms with van der Waals surface area (Å²) in [7, 11) is 0. The molecule has 1 amide bonds. The van der Waals surface area contributed by atoms with Crippen LogP contribution in [-0.2, 0) is 6.42 Å². The molecule has 3 N–H and O–H groups in total. The van der Waals surface area contributed by atoms with Crippen molar-refractivity contribution >= 4 is 17.2 Å². The Kier molecular flexibility index (Phi) is 5.25. The van der Waals surface area contributed by atoms with Crippen molar-refractivity contribution in [3.63, 3.8) is 0 Å². The lowest BCUT2D eigenvalue weighted by Crippen LogP contribution is -2.42. The van der Waals surface area contributed by atoms with E-state index in [0.717, 1.165) is 5.01 Å². The van der Waals surface area contributed by atoms with E-state index in [0.29, 0.717) is 31.7 Å². The first-order valence-electron chi connectivity index (χ1n) is 6.03. The highest BCUT2D eigenvalue weighted by Gasteiger charge is 2.23. The minimum atomic E-state index is -0.901. The number of nitrogens with zero attached hydrogens (tertiary/aromatic N) is 2. The van der Waals surface area contributed by atoms with E-state index < -0.39 is 5.60 Å². The maximum atomic E-state index is 12.2. The van der Waals surface area contributed by atoms with E-state index in [1.54, 1.807) is 24.1 Å². The monoisotopic (exact) mass is 271 g/mol. The average Bonchev–Trinajstić information content (AvgIpc) is 2.73. The molecule has 0 atom stereocenters. The fraction of sp³-hybridized carbons (Fsp3) is 0.667. The molecular formula is C12H21N3O2S. The standard InChI is InChI=1S/C12H21N3O2S/c1-4-15(8-12(2,3)17)11(16)9-7-18-10(14-9)5-6-13/h7,17H,4-6,8,13H2,1-3H3. The molecule has 0 aliphatic carbocycles. The van der Waals surface area contributed by atoms with Crippen LogP contribution in [0.1, 0.15) is 36.3 Å². The fourth-order valence-corrected chi connectivity index (χ4v) is 2.39. The average molecular weight is 271 g/mol. The van der Waals surface area contributed by atoms with Crippen LogP contribution < -0.4 is 5.73 Å². The van der Waals surface area contributed by atoms with Crippen molar-refractivity contribution in [2.45, 2.75) is 32.8 Å². The van der Waals surface area contributed by atoms with E-state index in [9.17, 15) is 9.90 Å². The lowest BCUT2D eigenvalue weighted by atomic mass is 10.1. The van der Waals surface area contributed by atoms with Crippen molar-refractivity contribution < 1.29 is 9.90 Å². The van der Waals surface area contributed by atoms with Gasteiger partial charge in [-0.1, -0.05) is 0 Å². The first-order valence-corrected chi connectivity index (χ1v) is 6.91. The minimum absolute atomic E-state index is 0.140. The van der Waals surface area contributed by atoms with Gasteiger partial charge in [0, 0.05) is 24.9 Å². The van der Waals surface area contributed by atoms with Crippen molar-refractivity contribution in [2.24, 2.45) is 5.73 Å². The van der Waals surface area contributed by atoms with Gasteiger partial charge in [-0.05, 0) is 27.3 Å². The van der Waals surface area contributed by atoms with E-state index in [2.05, 4.69) is 4.98 Å². The molecule has 0 saturated heterocycles. The van der Waals surface area contributed by atoms with Crippen LogP contribution in [-0.4, -0.2) is 46.1 Å². The topological polar surface area (TPSA) is 79.5 Å². The summed E-state index contributed by atoms with van der Waals surface area (Å²) in [4.78, 5) is 18.1. The van der Waals surface area contributed by atoms with Crippen LogP contribution in [0.2, 0.25) is 0 Å². The number of amides is 1. The van der Waals surface area contributed by atoms with Crippen molar-refractivity contribution in [1.29, 1.82) is 0 Å². The summed E-state index contributed by atoms with van der Waals surface area (Å²) in [5.41, 5.74) is 4.99. The Balaban J connectivity index is 2.76. The molecule has 18 heavy (non-hydrogen) atoms. The number of aromatic nitrogens is 1. The third-order valence-corrected chi connectivity index (χ3v) is 3.28. The second-order valence-electron chi connectivity index (χ2n) is 4.80. The summed E-state index contributed by atoms with van der Waals surface area (Å²) >= 11 is 1.45. The molecule has 1 aromatic heterocycles. The van der Waals surface area contributed by atoms with E-state index >= 15 is 0 Å². The molecular weight excluding hydrogens is 250 g/mol. The van der Waals surface area contributed by atoms with Crippen molar-refractivity contribution in [2.75, 3.05) is 19.6 Å². The van der Waals surface area contributed by atoms with Gasteiger partial charge in [0.15, 0.2) is 0 Å². The van der Waals surface area contributed by atoms with Gasteiger partial charge in [0.25, 0.3) is 5.91 Å². The Morgan fingerprint density at radius 3 is 2.78 bits per heavy atom. The number of rotatable bonds is 6. The van der Waals surface area contributed by atoms with Crippen LogP contribution in [0.4, 0.5) is 0 Å². The van der Waals surface area contributed by atoms with E-state index in [4.69, 9.17) is 5.73 Å². The molecule has 1 aromatic rings. The molecule has 0 spiro atoms. The molecule has 0 fully saturated rings. The second kappa shape index (κ2) is 6.26. The van der Waals surface area contributed by atoms with Crippen LogP contribution >= 0.6 is 11.3 Å². The number of thiazole rings is 1. The van der Waals surface area contributed by atoms with E-state index in [1.807, 2.05) is 6.92 Å². The van der Waals surface area contributed by atoms with Gasteiger partial charge in [-0.25, -0.2) is 4.98 Å². The Morgan fingerprint density at radius 1 is 1.61 bits per heavy atom. The zero-order valence-corrected chi connectivity index (χ0v) is 12.0. The SMILES string of the molecule is CCN(CC(C)(C)O)C(=O)c1csc(CCN)n1. The largest absolute Gasteiger partial charge is 0.389 e. The Labute approximate surface area is 112 Å². The maximum Gasteiger partial charge on any atom is 0.273 e. The second-order valence-corrected chi connectivity index (χ2v) is 5.74. The molecule has 0 aliphatic heterocycles. The number of likely N-dealkylation sites (N-methyl/N-ethyl adjacent to an activating group) is 1. The first-order chi connectivity index (χ1) is 8.37. The molecule has 0 saturated carbocycles. The Hall–Kier alpha value is -0.980. The van der Waals surface area contributed by atoms with E-state index in [1.165, 1.54) is 11.3 Å². The van der Waals surface area contributed by atoms with Gasteiger partial charge in [-0.3, -0.25) is 4.79 Å². The summed E-state index contributed by atoms with van der Waals surface area (Å²) in [5, 5.41) is 12.4. The van der Waals surface area contributed by atoms with E-state index in [-0.39, 0.29) is 5.91 Å². The highest BCUT2D eigenvalue weighted by atomic mass is 32.1. The normalized spacial score (nSPS) is 11.6. The van der Waals surface area contributed by atoms with Crippen LogP contribution in [0.25, 0.3) is 0 Å². The van der Waals surface area contributed by atoms with Gasteiger partial charge in [-0.2, -0.15) is 0 Å². The van der Waals surface area contributed by atoms with Crippen molar-refractivity contribution in [3.8, 4) is 0 Å². The van der Waals surface area contributed by atoms with Crippen LogP contribution in [0.3, 0.4) is 0 Å². The van der Waals surface area contributed by atoms with Crippen molar-refractivity contribution in [3.05, 3.63) is 16.1 Å². The smallest absolute Gasteiger partial charge is 0.273 e. The summed E-state index contributed by atoms with van der Waals surface area (Å²) in [6.07, 6.45) is 0.690. The van der Waals surface area contributed by atoms with Gasteiger partial charge >= 0.3 is 0 Å². The van der Waals surface area contributed by atoms with Crippen LogP contribution in [0.5, 0.6) is 0 Å². The first kappa shape index (κ1) is 15.1. The molecule has 5 nitrogen and oxygen atoms in total. The predicted octanol–water partition coefficient (Wildman–Crippen LogP) is 0.877. The highest BCUT2D eigenvalue weighted by molar-refractivity contribution is 7.09. The minimum Gasteiger partial charge on any atom is -0.389 e. The summed E-state index contributed by atoms with van der Waals surface area (Å²) in [6, 6.07) is 0.